The van der Waals surface area contributed by atoms with Crippen LogP contribution in [-0.4, -0.2) is 38.6 Å². The quantitative estimate of drug-likeness (QED) is 0.619. The van der Waals surface area contributed by atoms with Crippen molar-refractivity contribution in [1.82, 2.24) is 10.2 Å². The second-order valence-corrected chi connectivity index (χ2v) is 3.56. The summed E-state index contributed by atoms with van der Waals surface area (Å²) in [7, 11) is 4.22. The van der Waals surface area contributed by atoms with Gasteiger partial charge in [-0.25, -0.2) is 0 Å². The molecule has 0 atom stereocenters. The minimum atomic E-state index is 0.601. The smallest absolute Gasteiger partial charge is 0.00793 e. The number of hydrogen-bond acceptors (Lipinski definition) is 2. The summed E-state index contributed by atoms with van der Waals surface area (Å²) >= 11 is 0. The average molecular weight is 142 g/mol. The molecule has 0 saturated carbocycles. The molecule has 2 nitrogen and oxygen atoms in total. The Labute approximate surface area is 63.6 Å². The number of hydrogen-bond donors (Lipinski definition) is 1. The molecule has 0 aromatic carbocycles. The lowest BCUT2D eigenvalue weighted by atomic mass is 9.78. The normalized spacial score (nSPS) is 24.3. The van der Waals surface area contributed by atoms with Crippen LogP contribution in [0.15, 0.2) is 0 Å². The second kappa shape index (κ2) is 2.89. The maximum atomic E-state index is 3.26. The molecule has 0 aromatic heterocycles. The largest absolute Gasteiger partial charge is 0.319 e. The Morgan fingerprint density at radius 3 is 2.40 bits per heavy atom. The SMILES string of the molecule is CCC1(CNC)CN(C)C1. The van der Waals surface area contributed by atoms with Crippen LogP contribution in [0.1, 0.15) is 13.3 Å². The summed E-state index contributed by atoms with van der Waals surface area (Å²) in [5.41, 5.74) is 0.601. The molecular weight excluding hydrogens is 124 g/mol. The zero-order valence-electron chi connectivity index (χ0n) is 7.28. The molecule has 0 radical (unpaired) electrons. The molecule has 10 heavy (non-hydrogen) atoms. The molecule has 2 heteroatoms. The van der Waals surface area contributed by atoms with Crippen LogP contribution in [0.2, 0.25) is 0 Å². The first kappa shape index (κ1) is 8.02. The summed E-state index contributed by atoms with van der Waals surface area (Å²) < 4.78 is 0. The summed E-state index contributed by atoms with van der Waals surface area (Å²) in [6.45, 7) is 5.99. The average Bonchev–Trinajstić information content (AvgIpc) is 1.84. The van der Waals surface area contributed by atoms with Crippen LogP contribution in [0.5, 0.6) is 0 Å². The molecule has 0 spiro atoms. The fourth-order valence-electron chi connectivity index (χ4n) is 1.93. The first-order valence-corrected chi connectivity index (χ1v) is 4.05. The Morgan fingerprint density at radius 1 is 1.50 bits per heavy atom. The van der Waals surface area contributed by atoms with E-state index in [-0.39, 0.29) is 0 Å². The number of nitrogens with zero attached hydrogens (tertiary/aromatic N) is 1. The molecule has 0 bridgehead atoms. The third-order valence-electron chi connectivity index (χ3n) is 2.51. The van der Waals surface area contributed by atoms with E-state index in [1.54, 1.807) is 0 Å². The van der Waals surface area contributed by atoms with E-state index >= 15 is 0 Å². The van der Waals surface area contributed by atoms with Crippen LogP contribution in [0, 0.1) is 5.41 Å². The molecule has 1 heterocycles. The van der Waals surface area contributed by atoms with Crippen LogP contribution >= 0.6 is 0 Å². The monoisotopic (exact) mass is 142 g/mol. The third kappa shape index (κ3) is 1.32. The van der Waals surface area contributed by atoms with E-state index in [0.717, 1.165) is 0 Å². The van der Waals surface area contributed by atoms with Gasteiger partial charge < -0.3 is 10.2 Å². The molecule has 0 aromatic rings. The van der Waals surface area contributed by atoms with Crippen molar-refractivity contribution < 1.29 is 0 Å². The Balaban J connectivity index is 2.32. The van der Waals surface area contributed by atoms with Gasteiger partial charge in [0.15, 0.2) is 0 Å². The van der Waals surface area contributed by atoms with Crippen molar-refractivity contribution in [2.24, 2.45) is 5.41 Å². The number of likely N-dealkylation sites (tertiary alicyclic amines) is 1. The minimum absolute atomic E-state index is 0.601. The van der Waals surface area contributed by atoms with Gasteiger partial charge in [-0.1, -0.05) is 6.92 Å². The van der Waals surface area contributed by atoms with Crippen molar-refractivity contribution in [2.75, 3.05) is 33.7 Å². The highest BCUT2D eigenvalue weighted by Gasteiger charge is 2.38. The molecule has 1 saturated heterocycles. The van der Waals surface area contributed by atoms with Crippen LogP contribution in [0.3, 0.4) is 0 Å². The van der Waals surface area contributed by atoms with E-state index < -0.39 is 0 Å². The summed E-state index contributed by atoms with van der Waals surface area (Å²) in [5, 5.41) is 3.26. The van der Waals surface area contributed by atoms with Crippen molar-refractivity contribution in [1.29, 1.82) is 0 Å². The zero-order chi connectivity index (χ0) is 7.61. The molecule has 0 aliphatic carbocycles. The topological polar surface area (TPSA) is 15.3 Å². The van der Waals surface area contributed by atoms with Crippen LogP contribution in [0.4, 0.5) is 0 Å². The van der Waals surface area contributed by atoms with E-state index in [1.807, 2.05) is 7.05 Å². The summed E-state index contributed by atoms with van der Waals surface area (Å²) in [4.78, 5) is 2.38. The van der Waals surface area contributed by atoms with Gasteiger partial charge in [-0.3, -0.25) is 0 Å². The maximum Gasteiger partial charge on any atom is 0.00793 e. The Bertz CT molecular complexity index is 100. The standard InChI is InChI=1S/C8H18N2/c1-4-8(5-9-2)6-10(3)7-8/h9H,4-7H2,1-3H3. The molecule has 1 N–H and O–H groups in total. The van der Waals surface area contributed by atoms with Gasteiger partial charge in [0.25, 0.3) is 0 Å². The van der Waals surface area contributed by atoms with Gasteiger partial charge >= 0.3 is 0 Å². The third-order valence-corrected chi connectivity index (χ3v) is 2.51. The first-order valence-electron chi connectivity index (χ1n) is 4.05. The highest BCUT2D eigenvalue weighted by molar-refractivity contribution is 4.93. The van der Waals surface area contributed by atoms with E-state index in [0.29, 0.717) is 5.41 Å². The number of rotatable bonds is 3. The van der Waals surface area contributed by atoms with Gasteiger partial charge in [0.1, 0.15) is 0 Å². The predicted octanol–water partition coefficient (Wildman–Crippen LogP) is 0.548. The van der Waals surface area contributed by atoms with E-state index in [1.165, 1.54) is 26.1 Å². The van der Waals surface area contributed by atoms with Gasteiger partial charge in [0.2, 0.25) is 0 Å². The molecule has 60 valence electrons. The fourth-order valence-corrected chi connectivity index (χ4v) is 1.93. The van der Waals surface area contributed by atoms with Gasteiger partial charge in [0, 0.05) is 25.0 Å². The van der Waals surface area contributed by atoms with Gasteiger partial charge in [-0.05, 0) is 20.5 Å². The first-order chi connectivity index (χ1) is 4.72. The van der Waals surface area contributed by atoms with Crippen molar-refractivity contribution in [3.8, 4) is 0 Å². The van der Waals surface area contributed by atoms with Crippen molar-refractivity contribution >= 4 is 0 Å². The van der Waals surface area contributed by atoms with Gasteiger partial charge in [-0.2, -0.15) is 0 Å². The molecule has 1 fully saturated rings. The fraction of sp³-hybridized carbons (Fsp3) is 1.00. The second-order valence-electron chi connectivity index (χ2n) is 3.56. The van der Waals surface area contributed by atoms with Gasteiger partial charge in [0.05, 0.1) is 0 Å². The van der Waals surface area contributed by atoms with Crippen molar-refractivity contribution in [2.45, 2.75) is 13.3 Å². The molecule has 1 aliphatic rings. The molecule has 0 unspecified atom stereocenters. The molecular formula is C8H18N2. The molecule has 1 rings (SSSR count). The lowest BCUT2D eigenvalue weighted by Crippen LogP contribution is -2.58. The van der Waals surface area contributed by atoms with Crippen LogP contribution < -0.4 is 5.32 Å². The Morgan fingerprint density at radius 2 is 2.10 bits per heavy atom. The molecule has 0 amide bonds. The summed E-state index contributed by atoms with van der Waals surface area (Å²) in [6, 6.07) is 0. The van der Waals surface area contributed by atoms with Crippen LogP contribution in [-0.2, 0) is 0 Å². The zero-order valence-corrected chi connectivity index (χ0v) is 7.28. The molecule has 1 aliphatic heterocycles. The summed E-state index contributed by atoms with van der Waals surface area (Å²) in [5.74, 6) is 0. The predicted molar refractivity (Wildman–Crippen MR) is 44.1 cm³/mol. The van der Waals surface area contributed by atoms with Crippen LogP contribution in [0.25, 0.3) is 0 Å². The summed E-state index contributed by atoms with van der Waals surface area (Å²) in [6.07, 6.45) is 1.30. The van der Waals surface area contributed by atoms with Gasteiger partial charge in [-0.15, -0.1) is 0 Å². The lowest BCUT2D eigenvalue weighted by Gasteiger charge is -2.48. The van der Waals surface area contributed by atoms with E-state index in [9.17, 15) is 0 Å². The van der Waals surface area contributed by atoms with Crippen molar-refractivity contribution in [3.05, 3.63) is 0 Å². The van der Waals surface area contributed by atoms with E-state index in [4.69, 9.17) is 0 Å². The lowest BCUT2D eigenvalue weighted by molar-refractivity contribution is 0.0209. The Kier molecular flexibility index (Phi) is 2.32. The number of nitrogens with one attached hydrogen (secondary N) is 1. The minimum Gasteiger partial charge on any atom is -0.319 e. The van der Waals surface area contributed by atoms with E-state index in [2.05, 4.69) is 24.2 Å². The maximum absolute atomic E-state index is 3.26. The highest BCUT2D eigenvalue weighted by atomic mass is 15.2. The highest BCUT2D eigenvalue weighted by Crippen LogP contribution is 2.31. The van der Waals surface area contributed by atoms with Crippen molar-refractivity contribution in [3.63, 3.8) is 0 Å². The Hall–Kier alpha value is -0.0800.